The number of amides is 1. The molecule has 0 radical (unpaired) electrons. The maximum Gasteiger partial charge on any atom is 0.419 e. The maximum absolute atomic E-state index is 12.8. The average Bonchev–Trinajstić information content (AvgIpc) is 2.66. The number of hydrogen-bond acceptors (Lipinski definition) is 6. The number of hydrogen-bond donors (Lipinski definition) is 0. The van der Waals surface area contributed by atoms with Crippen molar-refractivity contribution < 1.29 is 22.7 Å². The van der Waals surface area contributed by atoms with Crippen LogP contribution < -0.4 is 5.56 Å². The molecule has 8 nitrogen and oxygen atoms in total. The number of nitrogens with zero attached hydrogens (tertiary/aromatic N) is 5. The Balaban J connectivity index is 1.75. The minimum absolute atomic E-state index is 0.164. The molecule has 0 aromatic carbocycles. The fourth-order valence-electron chi connectivity index (χ4n) is 3.12. The molecule has 2 aromatic rings. The van der Waals surface area contributed by atoms with Gasteiger partial charge in [0, 0.05) is 43.8 Å². The predicted octanol–water partition coefficient (Wildman–Crippen LogP) is 3.16. The molecule has 0 aliphatic carbocycles. The maximum atomic E-state index is 12.8. The Kier molecular flexibility index (Phi) is 5.82. The molecule has 0 bridgehead atoms. The molecule has 0 atom stereocenters. The van der Waals surface area contributed by atoms with Crippen LogP contribution in [0.5, 0.6) is 0 Å². The van der Waals surface area contributed by atoms with E-state index in [1.54, 1.807) is 25.7 Å². The fraction of sp³-hybridized carbons (Fsp3) is 0.526. The molecule has 1 aliphatic heterocycles. The van der Waals surface area contributed by atoms with Crippen LogP contribution in [0.15, 0.2) is 29.6 Å². The Labute approximate surface area is 170 Å². The van der Waals surface area contributed by atoms with Crippen LogP contribution in [0.25, 0.3) is 5.95 Å². The molecule has 1 fully saturated rings. The third-order valence-electron chi connectivity index (χ3n) is 4.58. The molecular formula is C19H22F3N5O3. The minimum Gasteiger partial charge on any atom is -0.444 e. The first-order chi connectivity index (χ1) is 14.0. The van der Waals surface area contributed by atoms with Crippen LogP contribution in [-0.4, -0.2) is 49.2 Å². The van der Waals surface area contributed by atoms with Crippen LogP contribution in [0.3, 0.4) is 0 Å². The lowest BCUT2D eigenvalue weighted by Gasteiger charge is -2.33. The second kappa shape index (κ2) is 8.04. The Morgan fingerprint density at radius 1 is 1.10 bits per heavy atom. The summed E-state index contributed by atoms with van der Waals surface area (Å²) in [6.07, 6.45) is 0.0239. The zero-order valence-corrected chi connectivity index (χ0v) is 16.8. The standard InChI is InChI=1S/C19H22F3N5O3/c1-18(2,3)30-17(29)26-7-4-12(5-8-26)14-15(28)27(9-6-23-14)16-24-10-13(11-25-16)19(20,21)22/h6,9-12H,4-5,7-8H2,1-3H3. The average molecular weight is 425 g/mol. The smallest absolute Gasteiger partial charge is 0.419 e. The lowest BCUT2D eigenvalue weighted by Crippen LogP contribution is -2.42. The van der Waals surface area contributed by atoms with Gasteiger partial charge in [-0.1, -0.05) is 0 Å². The normalized spacial score (nSPS) is 15.9. The lowest BCUT2D eigenvalue weighted by atomic mass is 9.94. The van der Waals surface area contributed by atoms with Crippen molar-refractivity contribution in [3.8, 4) is 5.95 Å². The highest BCUT2D eigenvalue weighted by atomic mass is 19.4. The highest BCUT2D eigenvalue weighted by molar-refractivity contribution is 5.68. The first-order valence-electron chi connectivity index (χ1n) is 9.41. The van der Waals surface area contributed by atoms with Crippen molar-refractivity contribution in [3.63, 3.8) is 0 Å². The molecule has 30 heavy (non-hydrogen) atoms. The Morgan fingerprint density at radius 3 is 2.23 bits per heavy atom. The Morgan fingerprint density at radius 2 is 1.70 bits per heavy atom. The summed E-state index contributed by atoms with van der Waals surface area (Å²) in [5, 5.41) is 0. The number of aromatic nitrogens is 4. The van der Waals surface area contributed by atoms with E-state index in [4.69, 9.17) is 4.74 Å². The van der Waals surface area contributed by atoms with Gasteiger partial charge in [-0.05, 0) is 33.6 Å². The van der Waals surface area contributed by atoms with Crippen LogP contribution in [0.2, 0.25) is 0 Å². The first-order valence-corrected chi connectivity index (χ1v) is 9.41. The third kappa shape index (κ3) is 4.95. The SMILES string of the molecule is CC(C)(C)OC(=O)N1CCC(c2nccn(-c3ncc(C(F)(F)F)cn3)c2=O)CC1. The van der Waals surface area contributed by atoms with Crippen LogP contribution in [0.1, 0.15) is 50.8 Å². The molecule has 0 spiro atoms. The van der Waals surface area contributed by atoms with E-state index in [2.05, 4.69) is 15.0 Å². The number of carbonyl (C=O) groups is 1. The molecule has 0 unspecified atom stereocenters. The lowest BCUT2D eigenvalue weighted by molar-refractivity contribution is -0.138. The largest absolute Gasteiger partial charge is 0.444 e. The number of alkyl halides is 3. The molecule has 1 aliphatic rings. The van der Waals surface area contributed by atoms with Gasteiger partial charge in [-0.15, -0.1) is 0 Å². The first kappa shape index (κ1) is 21.7. The van der Waals surface area contributed by atoms with Crippen molar-refractivity contribution in [2.75, 3.05) is 13.1 Å². The summed E-state index contributed by atoms with van der Waals surface area (Å²) in [4.78, 5) is 38.1. The van der Waals surface area contributed by atoms with E-state index in [0.717, 1.165) is 4.57 Å². The van der Waals surface area contributed by atoms with E-state index in [9.17, 15) is 22.8 Å². The van der Waals surface area contributed by atoms with E-state index in [1.165, 1.54) is 12.4 Å². The van der Waals surface area contributed by atoms with E-state index >= 15 is 0 Å². The van der Waals surface area contributed by atoms with Gasteiger partial charge in [0.05, 0.1) is 5.56 Å². The van der Waals surface area contributed by atoms with Crippen molar-refractivity contribution in [2.45, 2.75) is 51.3 Å². The molecule has 3 heterocycles. The highest BCUT2D eigenvalue weighted by Gasteiger charge is 2.32. The van der Waals surface area contributed by atoms with Crippen molar-refractivity contribution >= 4 is 6.09 Å². The summed E-state index contributed by atoms with van der Waals surface area (Å²) in [7, 11) is 0. The van der Waals surface area contributed by atoms with Gasteiger partial charge in [0.25, 0.3) is 5.56 Å². The van der Waals surface area contributed by atoms with Gasteiger partial charge in [-0.2, -0.15) is 13.2 Å². The molecule has 1 saturated heterocycles. The van der Waals surface area contributed by atoms with Gasteiger partial charge < -0.3 is 9.64 Å². The van der Waals surface area contributed by atoms with Crippen molar-refractivity contribution in [1.82, 2.24) is 24.4 Å². The van der Waals surface area contributed by atoms with Crippen LogP contribution in [-0.2, 0) is 10.9 Å². The number of ether oxygens (including phenoxy) is 1. The molecule has 3 rings (SSSR count). The van der Waals surface area contributed by atoms with Gasteiger partial charge in [-0.25, -0.2) is 19.3 Å². The molecule has 2 aromatic heterocycles. The highest BCUT2D eigenvalue weighted by Crippen LogP contribution is 2.28. The fourth-order valence-corrected chi connectivity index (χ4v) is 3.12. The molecule has 0 saturated carbocycles. The summed E-state index contributed by atoms with van der Waals surface area (Å²) in [6, 6.07) is 0. The Bertz CT molecular complexity index is 959. The van der Waals surface area contributed by atoms with Crippen LogP contribution >= 0.6 is 0 Å². The van der Waals surface area contributed by atoms with Crippen LogP contribution in [0.4, 0.5) is 18.0 Å². The van der Waals surface area contributed by atoms with Crippen LogP contribution in [0, 0.1) is 0 Å². The van der Waals surface area contributed by atoms with Crippen molar-refractivity contribution in [3.05, 3.63) is 46.4 Å². The van der Waals surface area contributed by atoms with E-state index in [1.807, 2.05) is 0 Å². The number of likely N-dealkylation sites (tertiary alicyclic amines) is 1. The minimum atomic E-state index is -4.56. The van der Waals surface area contributed by atoms with Gasteiger partial charge in [0.2, 0.25) is 5.95 Å². The van der Waals surface area contributed by atoms with Crippen molar-refractivity contribution in [2.24, 2.45) is 0 Å². The van der Waals surface area contributed by atoms with Gasteiger partial charge in [0.1, 0.15) is 11.3 Å². The third-order valence-corrected chi connectivity index (χ3v) is 4.58. The zero-order chi connectivity index (χ0) is 22.1. The number of carbonyl (C=O) groups excluding carboxylic acids is 1. The monoisotopic (exact) mass is 425 g/mol. The summed E-state index contributed by atoms with van der Waals surface area (Å²) in [6.45, 7) is 6.19. The Hall–Kier alpha value is -2.98. The zero-order valence-electron chi connectivity index (χ0n) is 16.8. The number of halogens is 3. The summed E-state index contributed by atoms with van der Waals surface area (Å²) >= 11 is 0. The molecule has 11 heteroatoms. The van der Waals surface area contributed by atoms with E-state index in [0.29, 0.717) is 38.3 Å². The summed E-state index contributed by atoms with van der Waals surface area (Å²) in [5.41, 5.74) is -1.81. The summed E-state index contributed by atoms with van der Waals surface area (Å²) < 4.78 is 44.5. The molecule has 1 amide bonds. The van der Waals surface area contributed by atoms with Gasteiger partial charge in [0.15, 0.2) is 0 Å². The molecular weight excluding hydrogens is 403 g/mol. The topological polar surface area (TPSA) is 90.2 Å². The number of rotatable bonds is 2. The quantitative estimate of drug-likeness (QED) is 0.734. The number of piperidine rings is 1. The second-order valence-corrected chi connectivity index (χ2v) is 8.00. The molecule has 0 N–H and O–H groups in total. The summed E-state index contributed by atoms with van der Waals surface area (Å²) in [5.74, 6) is -0.360. The molecule has 162 valence electrons. The van der Waals surface area contributed by atoms with E-state index < -0.39 is 29.0 Å². The van der Waals surface area contributed by atoms with E-state index in [-0.39, 0.29) is 17.6 Å². The van der Waals surface area contributed by atoms with Gasteiger partial charge in [-0.3, -0.25) is 9.78 Å². The van der Waals surface area contributed by atoms with Gasteiger partial charge >= 0.3 is 12.3 Å². The second-order valence-electron chi connectivity index (χ2n) is 8.00. The van der Waals surface area contributed by atoms with Crippen molar-refractivity contribution in [1.29, 1.82) is 0 Å². The predicted molar refractivity (Wildman–Crippen MR) is 100 cm³/mol.